The highest BCUT2D eigenvalue weighted by molar-refractivity contribution is 6.30. The fourth-order valence-electron chi connectivity index (χ4n) is 2.77. The van der Waals surface area contributed by atoms with Crippen molar-refractivity contribution in [3.05, 3.63) is 80.7 Å². The van der Waals surface area contributed by atoms with Crippen LogP contribution in [0.4, 0.5) is 20.4 Å². The number of aryl methyl sites for hydroxylation is 1. The molecule has 0 spiro atoms. The lowest BCUT2D eigenvalue weighted by molar-refractivity contribution is 0.402. The summed E-state index contributed by atoms with van der Waals surface area (Å²) in [6, 6.07) is 8.70. The van der Waals surface area contributed by atoms with Crippen molar-refractivity contribution >= 4 is 23.2 Å². The van der Waals surface area contributed by atoms with Crippen molar-refractivity contribution in [2.45, 2.75) is 19.9 Å². The molecule has 0 saturated carbocycles. The fraction of sp³-hybridized carbons (Fsp3) is 0.200. The first-order valence-corrected chi connectivity index (χ1v) is 8.94. The van der Waals surface area contributed by atoms with Gasteiger partial charge in [0, 0.05) is 5.69 Å². The predicted molar refractivity (Wildman–Crippen MR) is 105 cm³/mol. The molecule has 5 nitrogen and oxygen atoms in total. The minimum atomic E-state index is -0.543. The van der Waals surface area contributed by atoms with Crippen molar-refractivity contribution in [3.8, 4) is 5.75 Å². The second-order valence-corrected chi connectivity index (χ2v) is 6.50. The van der Waals surface area contributed by atoms with Gasteiger partial charge in [-0.3, -0.25) is 4.79 Å². The van der Waals surface area contributed by atoms with E-state index in [2.05, 4.69) is 10.3 Å². The maximum atomic E-state index is 13.5. The number of aromatic nitrogens is 2. The molecule has 0 fully saturated rings. The van der Waals surface area contributed by atoms with E-state index in [1.54, 1.807) is 16.7 Å². The lowest BCUT2D eigenvalue weighted by Gasteiger charge is -2.17. The molecule has 0 atom stereocenters. The lowest BCUT2D eigenvalue weighted by atomic mass is 10.1. The number of halogens is 3. The summed E-state index contributed by atoms with van der Waals surface area (Å²) in [5, 5.41) is 3.08. The maximum absolute atomic E-state index is 13.5. The Kier molecular flexibility index (Phi) is 5.94. The molecule has 0 aliphatic carbocycles. The Bertz CT molecular complexity index is 1070. The molecular weight excluding hydrogens is 388 g/mol. The van der Waals surface area contributed by atoms with Crippen LogP contribution in [0.15, 0.2) is 47.4 Å². The Morgan fingerprint density at radius 1 is 1.21 bits per heavy atom. The van der Waals surface area contributed by atoms with Crippen LogP contribution in [0.1, 0.15) is 18.1 Å². The second kappa shape index (κ2) is 8.39. The van der Waals surface area contributed by atoms with Crippen molar-refractivity contribution < 1.29 is 13.5 Å². The Labute approximate surface area is 165 Å². The van der Waals surface area contributed by atoms with Crippen LogP contribution < -0.4 is 15.6 Å². The number of benzene rings is 2. The van der Waals surface area contributed by atoms with Gasteiger partial charge < -0.3 is 14.6 Å². The van der Waals surface area contributed by atoms with Crippen LogP contribution >= 0.6 is 11.6 Å². The van der Waals surface area contributed by atoms with Crippen molar-refractivity contribution in [1.29, 1.82) is 0 Å². The zero-order valence-corrected chi connectivity index (χ0v) is 16.1. The first-order valence-electron chi connectivity index (χ1n) is 8.56. The van der Waals surface area contributed by atoms with E-state index in [0.717, 1.165) is 5.56 Å². The van der Waals surface area contributed by atoms with E-state index in [1.807, 2.05) is 6.92 Å². The summed E-state index contributed by atoms with van der Waals surface area (Å²) in [6.45, 7) is 2.16. The molecule has 3 aromatic rings. The van der Waals surface area contributed by atoms with Gasteiger partial charge in [-0.15, -0.1) is 0 Å². The molecule has 0 radical (unpaired) electrons. The van der Waals surface area contributed by atoms with Crippen molar-refractivity contribution in [3.63, 3.8) is 0 Å². The average molecular weight is 406 g/mol. The van der Waals surface area contributed by atoms with E-state index >= 15 is 0 Å². The lowest BCUT2D eigenvalue weighted by Crippen LogP contribution is -2.19. The van der Waals surface area contributed by atoms with Crippen LogP contribution in [0.25, 0.3) is 0 Å². The van der Waals surface area contributed by atoms with E-state index < -0.39 is 11.4 Å². The highest BCUT2D eigenvalue weighted by Crippen LogP contribution is 2.23. The largest absolute Gasteiger partial charge is 0.490 e. The Balaban J connectivity index is 2.03. The topological polar surface area (TPSA) is 56.1 Å². The predicted octanol–water partition coefficient (Wildman–Crippen LogP) is 4.54. The van der Waals surface area contributed by atoms with Gasteiger partial charge in [-0.25, -0.2) is 8.78 Å². The minimum absolute atomic E-state index is 0.000202. The third-order valence-electron chi connectivity index (χ3n) is 4.21. The first kappa shape index (κ1) is 19.8. The monoisotopic (exact) mass is 405 g/mol. The number of hydrogen-bond donors (Lipinski definition) is 1. The van der Waals surface area contributed by atoms with Gasteiger partial charge in [0.1, 0.15) is 11.6 Å². The molecule has 2 aromatic carbocycles. The van der Waals surface area contributed by atoms with Crippen molar-refractivity contribution in [2.75, 3.05) is 12.4 Å². The van der Waals surface area contributed by atoms with Crippen LogP contribution in [0, 0.1) is 11.6 Å². The molecule has 0 amide bonds. The average Bonchev–Trinajstić information content (AvgIpc) is 2.68. The molecule has 1 aromatic heterocycles. The van der Waals surface area contributed by atoms with Gasteiger partial charge in [0.15, 0.2) is 0 Å². The van der Waals surface area contributed by atoms with E-state index in [0.29, 0.717) is 17.7 Å². The molecule has 1 heterocycles. The number of rotatable bonds is 6. The smallest absolute Gasteiger partial charge is 0.316 e. The Morgan fingerprint density at radius 3 is 2.68 bits per heavy atom. The van der Waals surface area contributed by atoms with Gasteiger partial charge in [-0.1, -0.05) is 24.6 Å². The molecular formula is C20H18ClF2N3O2. The van der Waals surface area contributed by atoms with Crippen LogP contribution in [0.5, 0.6) is 5.75 Å². The molecule has 3 rings (SSSR count). The first-order chi connectivity index (χ1) is 13.4. The minimum Gasteiger partial charge on any atom is -0.490 e. The van der Waals surface area contributed by atoms with E-state index in [9.17, 15) is 13.6 Å². The zero-order valence-electron chi connectivity index (χ0n) is 15.3. The Hall–Kier alpha value is -2.93. The summed E-state index contributed by atoms with van der Waals surface area (Å²) in [7, 11) is 1.37. The summed E-state index contributed by atoms with van der Waals surface area (Å²) < 4.78 is 33.7. The van der Waals surface area contributed by atoms with Gasteiger partial charge in [-0.05, 0) is 47.9 Å². The quantitative estimate of drug-likeness (QED) is 0.654. The van der Waals surface area contributed by atoms with Gasteiger partial charge >= 0.3 is 5.56 Å². The number of nitrogens with one attached hydrogen (secondary N) is 1. The number of methoxy groups -OCH3 is 1. The molecule has 0 saturated heterocycles. The summed E-state index contributed by atoms with van der Waals surface area (Å²) in [5.41, 5.74) is 1.53. The highest BCUT2D eigenvalue weighted by Gasteiger charge is 2.12. The molecule has 0 aliphatic heterocycles. The molecule has 146 valence electrons. The van der Waals surface area contributed by atoms with Gasteiger partial charge in [-0.2, -0.15) is 4.98 Å². The van der Waals surface area contributed by atoms with Gasteiger partial charge in [0.25, 0.3) is 0 Å². The summed E-state index contributed by atoms with van der Waals surface area (Å²) >= 11 is 5.86. The second-order valence-electron chi connectivity index (χ2n) is 6.09. The number of hydrogen-bond acceptors (Lipinski definition) is 4. The van der Waals surface area contributed by atoms with Crippen LogP contribution in [0.3, 0.4) is 0 Å². The zero-order chi connectivity index (χ0) is 20.3. The van der Waals surface area contributed by atoms with E-state index in [1.165, 1.54) is 37.6 Å². The SMILES string of the molecule is CCc1cc(F)ccc1Nc1nc(=O)c(OC)cn1Cc1ccc(F)c(Cl)c1. The molecule has 0 aliphatic rings. The molecule has 28 heavy (non-hydrogen) atoms. The third-order valence-corrected chi connectivity index (χ3v) is 4.50. The summed E-state index contributed by atoms with van der Waals surface area (Å²) in [5.74, 6) is -0.553. The van der Waals surface area contributed by atoms with Crippen LogP contribution in [-0.4, -0.2) is 16.7 Å². The third kappa shape index (κ3) is 4.31. The van der Waals surface area contributed by atoms with Crippen LogP contribution in [0.2, 0.25) is 5.02 Å². The fourth-order valence-corrected chi connectivity index (χ4v) is 2.97. The van der Waals surface area contributed by atoms with Gasteiger partial charge in [0.05, 0.1) is 24.9 Å². The molecule has 0 bridgehead atoms. The Morgan fingerprint density at radius 2 is 2.00 bits per heavy atom. The highest BCUT2D eigenvalue weighted by atomic mass is 35.5. The van der Waals surface area contributed by atoms with Gasteiger partial charge in [0.2, 0.25) is 11.7 Å². The number of anilines is 2. The summed E-state index contributed by atoms with van der Waals surface area (Å²) in [4.78, 5) is 16.2. The van der Waals surface area contributed by atoms with Crippen molar-refractivity contribution in [2.24, 2.45) is 0 Å². The maximum Gasteiger partial charge on any atom is 0.316 e. The van der Waals surface area contributed by atoms with Crippen LogP contribution in [-0.2, 0) is 13.0 Å². The van der Waals surface area contributed by atoms with Crippen molar-refractivity contribution in [1.82, 2.24) is 9.55 Å². The van der Waals surface area contributed by atoms with E-state index in [-0.39, 0.29) is 29.1 Å². The number of ether oxygens (including phenoxy) is 1. The summed E-state index contributed by atoms with van der Waals surface area (Å²) in [6.07, 6.45) is 2.10. The standard InChI is InChI=1S/C20H18ClF2N3O2/c1-3-13-9-14(22)5-7-17(13)24-20-25-19(27)18(28-2)11-26(20)10-12-4-6-16(23)15(21)8-12/h4-9,11H,3,10H2,1-2H3,(H,24,25,27). The molecule has 8 heteroatoms. The molecule has 0 unspecified atom stereocenters. The van der Waals surface area contributed by atoms with E-state index in [4.69, 9.17) is 16.3 Å². The number of nitrogens with zero attached hydrogens (tertiary/aromatic N) is 2. The normalized spacial score (nSPS) is 10.8. The molecule has 1 N–H and O–H groups in total.